The molecule has 0 saturated heterocycles. The van der Waals surface area contributed by atoms with E-state index in [1.807, 2.05) is 24.3 Å². The van der Waals surface area contributed by atoms with Crippen molar-refractivity contribution in [1.82, 2.24) is 14.9 Å². The van der Waals surface area contributed by atoms with E-state index in [4.69, 9.17) is 16.6 Å². The van der Waals surface area contributed by atoms with Gasteiger partial charge in [-0.3, -0.25) is 4.79 Å². The molecule has 0 aliphatic heterocycles. The zero-order valence-electron chi connectivity index (χ0n) is 16.6. The van der Waals surface area contributed by atoms with Gasteiger partial charge in [-0.1, -0.05) is 36.7 Å². The molecule has 4 nitrogen and oxygen atoms in total. The average molecular weight is 396 g/mol. The molecule has 1 aromatic heterocycles. The number of hydrogen-bond donors (Lipinski definition) is 1. The van der Waals surface area contributed by atoms with Gasteiger partial charge >= 0.3 is 0 Å². The lowest BCUT2D eigenvalue weighted by Gasteiger charge is -2.20. The van der Waals surface area contributed by atoms with E-state index in [1.54, 1.807) is 0 Å². The molecule has 1 aliphatic rings. The maximum atomic E-state index is 13.0. The summed E-state index contributed by atoms with van der Waals surface area (Å²) in [5.74, 6) is 0.967. The highest BCUT2D eigenvalue weighted by atomic mass is 35.5. The van der Waals surface area contributed by atoms with E-state index in [-0.39, 0.29) is 11.9 Å². The quantitative estimate of drug-likeness (QED) is 0.629. The molecule has 1 N–H and O–H groups in total. The van der Waals surface area contributed by atoms with E-state index in [2.05, 4.69) is 42.8 Å². The van der Waals surface area contributed by atoms with E-state index in [9.17, 15) is 4.79 Å². The van der Waals surface area contributed by atoms with Gasteiger partial charge in [0.1, 0.15) is 11.9 Å². The minimum atomic E-state index is -0.273. The molecular formula is C23H26ClN3O. The summed E-state index contributed by atoms with van der Waals surface area (Å²) in [4.78, 5) is 17.9. The standard InChI is InChI=1S/C23H26ClN3O/c1-4-20(23(28)25-17-9-10-17)27-21-12-15(3)14(2)11-19(21)26-22(27)13-16-7-5-6-8-18(16)24/h5-8,11-12,17,20H,4,9-10,13H2,1-3H3,(H,25,28). The molecule has 1 atom stereocenters. The van der Waals surface area contributed by atoms with E-state index in [0.29, 0.717) is 18.9 Å². The predicted octanol–water partition coefficient (Wildman–Crippen LogP) is 5.13. The zero-order chi connectivity index (χ0) is 19.8. The Bertz CT molecular complexity index is 1040. The SMILES string of the molecule is CCC(C(=O)NC1CC1)n1c(Cc2ccccc2Cl)nc2cc(C)c(C)cc21. The average Bonchev–Trinajstić information content (AvgIpc) is 3.41. The molecule has 3 aromatic rings. The molecule has 0 bridgehead atoms. The molecule has 4 rings (SSSR count). The summed E-state index contributed by atoms with van der Waals surface area (Å²) in [7, 11) is 0. The molecule has 1 saturated carbocycles. The Morgan fingerprint density at radius 1 is 1.25 bits per heavy atom. The lowest BCUT2D eigenvalue weighted by molar-refractivity contribution is -0.124. The molecule has 5 heteroatoms. The number of aryl methyl sites for hydroxylation is 2. The molecule has 1 unspecified atom stereocenters. The third-order valence-corrected chi connectivity index (χ3v) is 5.98. The molecule has 2 aromatic carbocycles. The smallest absolute Gasteiger partial charge is 0.243 e. The number of carbonyl (C=O) groups excluding carboxylic acids is 1. The molecule has 146 valence electrons. The van der Waals surface area contributed by atoms with Crippen LogP contribution in [0.1, 0.15) is 54.7 Å². The van der Waals surface area contributed by atoms with Gasteiger partial charge in [-0.15, -0.1) is 0 Å². The topological polar surface area (TPSA) is 46.9 Å². The second-order valence-electron chi connectivity index (χ2n) is 7.80. The fourth-order valence-electron chi connectivity index (χ4n) is 3.70. The summed E-state index contributed by atoms with van der Waals surface area (Å²) < 4.78 is 2.13. The maximum absolute atomic E-state index is 13.0. The van der Waals surface area contributed by atoms with E-state index < -0.39 is 0 Å². The largest absolute Gasteiger partial charge is 0.352 e. The van der Waals surface area contributed by atoms with Gasteiger partial charge in [-0.2, -0.15) is 0 Å². The second-order valence-corrected chi connectivity index (χ2v) is 8.21. The van der Waals surface area contributed by atoms with Gasteiger partial charge in [0.05, 0.1) is 11.0 Å². The Morgan fingerprint density at radius 2 is 1.96 bits per heavy atom. The maximum Gasteiger partial charge on any atom is 0.243 e. The summed E-state index contributed by atoms with van der Waals surface area (Å²) in [6, 6.07) is 12.2. The summed E-state index contributed by atoms with van der Waals surface area (Å²) in [5.41, 5.74) is 5.38. The summed E-state index contributed by atoms with van der Waals surface area (Å²) in [6.07, 6.45) is 3.47. The van der Waals surface area contributed by atoms with Crippen molar-refractivity contribution in [3.05, 3.63) is 63.9 Å². The van der Waals surface area contributed by atoms with Crippen molar-refractivity contribution >= 4 is 28.5 Å². The summed E-state index contributed by atoms with van der Waals surface area (Å²) in [6.45, 7) is 6.26. The van der Waals surface area contributed by atoms with Crippen LogP contribution in [0, 0.1) is 13.8 Å². The number of benzene rings is 2. The van der Waals surface area contributed by atoms with Crippen molar-refractivity contribution in [2.24, 2.45) is 0 Å². The number of hydrogen-bond acceptors (Lipinski definition) is 2. The van der Waals surface area contributed by atoms with Crippen molar-refractivity contribution in [3.8, 4) is 0 Å². The summed E-state index contributed by atoms with van der Waals surface area (Å²) >= 11 is 6.41. The highest BCUT2D eigenvalue weighted by molar-refractivity contribution is 6.31. The van der Waals surface area contributed by atoms with E-state index >= 15 is 0 Å². The van der Waals surface area contributed by atoms with Crippen molar-refractivity contribution < 1.29 is 4.79 Å². The third kappa shape index (κ3) is 3.66. The van der Waals surface area contributed by atoms with Crippen molar-refractivity contribution in [2.45, 2.75) is 58.5 Å². The van der Waals surface area contributed by atoms with Crippen LogP contribution in [-0.2, 0) is 11.2 Å². The zero-order valence-corrected chi connectivity index (χ0v) is 17.4. The fourth-order valence-corrected chi connectivity index (χ4v) is 3.90. The predicted molar refractivity (Wildman–Crippen MR) is 114 cm³/mol. The third-order valence-electron chi connectivity index (χ3n) is 5.61. The van der Waals surface area contributed by atoms with Crippen LogP contribution in [-0.4, -0.2) is 21.5 Å². The Balaban J connectivity index is 1.83. The number of nitrogens with one attached hydrogen (secondary N) is 1. The Labute approximate surface area is 170 Å². The van der Waals surface area contributed by atoms with Gasteiger partial charge in [0.25, 0.3) is 0 Å². The molecule has 0 radical (unpaired) electrons. The molecule has 1 aliphatic carbocycles. The van der Waals surface area contributed by atoms with Crippen molar-refractivity contribution in [1.29, 1.82) is 0 Å². The normalized spacial score (nSPS) is 15.0. The van der Waals surface area contributed by atoms with Crippen LogP contribution in [0.2, 0.25) is 5.02 Å². The van der Waals surface area contributed by atoms with Gasteiger partial charge in [0.2, 0.25) is 5.91 Å². The van der Waals surface area contributed by atoms with E-state index in [0.717, 1.165) is 40.3 Å². The number of aromatic nitrogens is 2. The van der Waals surface area contributed by atoms with Crippen LogP contribution in [0.25, 0.3) is 11.0 Å². The number of halogens is 1. The lowest BCUT2D eigenvalue weighted by atomic mass is 10.1. The first-order valence-electron chi connectivity index (χ1n) is 9.99. The number of rotatable bonds is 6. The van der Waals surface area contributed by atoms with Crippen LogP contribution in [0.5, 0.6) is 0 Å². The first kappa shape index (κ1) is 19.0. The molecule has 1 heterocycles. The minimum Gasteiger partial charge on any atom is -0.352 e. The number of amides is 1. The van der Waals surface area contributed by atoms with E-state index in [1.165, 1.54) is 11.1 Å². The Hall–Kier alpha value is -2.33. The van der Waals surface area contributed by atoms with Crippen LogP contribution in [0.3, 0.4) is 0 Å². The van der Waals surface area contributed by atoms with Gasteiger partial charge in [-0.25, -0.2) is 4.98 Å². The molecule has 0 spiro atoms. The van der Waals surface area contributed by atoms with Crippen LogP contribution >= 0.6 is 11.6 Å². The van der Waals surface area contributed by atoms with Crippen LogP contribution < -0.4 is 5.32 Å². The molecule has 1 amide bonds. The molecular weight excluding hydrogens is 370 g/mol. The number of nitrogens with zero attached hydrogens (tertiary/aromatic N) is 2. The Morgan fingerprint density at radius 3 is 2.64 bits per heavy atom. The minimum absolute atomic E-state index is 0.0861. The van der Waals surface area contributed by atoms with Crippen LogP contribution in [0.4, 0.5) is 0 Å². The highest BCUT2D eigenvalue weighted by Gasteiger charge is 2.30. The van der Waals surface area contributed by atoms with Gasteiger partial charge < -0.3 is 9.88 Å². The molecule has 1 fully saturated rings. The monoisotopic (exact) mass is 395 g/mol. The number of carbonyl (C=O) groups is 1. The van der Waals surface area contributed by atoms with Gasteiger partial charge in [0, 0.05) is 17.5 Å². The molecule has 28 heavy (non-hydrogen) atoms. The van der Waals surface area contributed by atoms with Crippen LogP contribution in [0.15, 0.2) is 36.4 Å². The summed E-state index contributed by atoms with van der Waals surface area (Å²) in [5, 5.41) is 3.90. The van der Waals surface area contributed by atoms with Crippen molar-refractivity contribution in [3.63, 3.8) is 0 Å². The van der Waals surface area contributed by atoms with Gasteiger partial charge in [0.15, 0.2) is 0 Å². The number of fused-ring (bicyclic) bond motifs is 1. The van der Waals surface area contributed by atoms with Gasteiger partial charge in [-0.05, 0) is 68.0 Å². The Kier molecular flexibility index (Phi) is 5.15. The number of imidazole rings is 1. The first-order valence-corrected chi connectivity index (χ1v) is 10.4. The second kappa shape index (κ2) is 7.59. The van der Waals surface area contributed by atoms with Crippen molar-refractivity contribution in [2.75, 3.05) is 0 Å². The first-order chi connectivity index (χ1) is 13.5. The highest BCUT2D eigenvalue weighted by Crippen LogP contribution is 2.30. The lowest BCUT2D eigenvalue weighted by Crippen LogP contribution is -2.34. The fraction of sp³-hybridized carbons (Fsp3) is 0.391.